The van der Waals surface area contributed by atoms with E-state index >= 15 is 0 Å². The first-order valence-corrected chi connectivity index (χ1v) is 11.9. The van der Waals surface area contributed by atoms with Crippen molar-refractivity contribution in [1.82, 2.24) is 15.1 Å². The summed E-state index contributed by atoms with van der Waals surface area (Å²) in [6.45, 7) is 8.33. The molecule has 2 atom stereocenters. The Bertz CT molecular complexity index is 757. The lowest BCUT2D eigenvalue weighted by atomic mass is 10.1. The average molecular weight is 429 g/mol. The van der Waals surface area contributed by atoms with Gasteiger partial charge >= 0.3 is 0 Å². The van der Waals surface area contributed by atoms with Gasteiger partial charge in [0, 0.05) is 44.9 Å². The number of piperidine rings is 1. The quantitative estimate of drug-likeness (QED) is 0.577. The normalized spacial score (nSPS) is 25.0. The standard InChI is InChI=1S/C24H36N4O3/c1-2-25-24(28-13-15-31-22(18-28)21-10-7-14-30-21)26-17-19-8-6-9-20(16-19)23(29)27-11-4-3-5-12-27/h6,8-9,16,21-22H,2-5,7,10-15,17-18H2,1H3,(H,25,26). The van der Waals surface area contributed by atoms with Gasteiger partial charge in [0.2, 0.25) is 0 Å². The molecule has 4 rings (SSSR count). The van der Waals surface area contributed by atoms with E-state index in [9.17, 15) is 4.79 Å². The minimum absolute atomic E-state index is 0.102. The number of hydrogen-bond donors (Lipinski definition) is 1. The van der Waals surface area contributed by atoms with E-state index in [1.165, 1.54) is 6.42 Å². The van der Waals surface area contributed by atoms with Crippen LogP contribution in [0.4, 0.5) is 0 Å². The van der Waals surface area contributed by atoms with E-state index in [4.69, 9.17) is 14.5 Å². The lowest BCUT2D eigenvalue weighted by Gasteiger charge is -2.37. The summed E-state index contributed by atoms with van der Waals surface area (Å²) in [5.41, 5.74) is 1.83. The van der Waals surface area contributed by atoms with Gasteiger partial charge in [-0.25, -0.2) is 4.99 Å². The van der Waals surface area contributed by atoms with Crippen LogP contribution in [-0.2, 0) is 16.0 Å². The molecule has 0 aliphatic carbocycles. The predicted octanol–water partition coefficient (Wildman–Crippen LogP) is 2.66. The number of morpholine rings is 1. The van der Waals surface area contributed by atoms with Gasteiger partial charge in [-0.2, -0.15) is 0 Å². The number of amides is 1. The second-order valence-electron chi connectivity index (χ2n) is 8.63. The van der Waals surface area contributed by atoms with Crippen molar-refractivity contribution < 1.29 is 14.3 Å². The van der Waals surface area contributed by atoms with Gasteiger partial charge in [0.1, 0.15) is 6.10 Å². The molecule has 1 aromatic rings. The number of nitrogens with zero attached hydrogens (tertiary/aromatic N) is 3. The molecule has 7 nitrogen and oxygen atoms in total. The highest BCUT2D eigenvalue weighted by molar-refractivity contribution is 5.94. The van der Waals surface area contributed by atoms with Crippen molar-refractivity contribution in [2.24, 2.45) is 4.99 Å². The Morgan fingerprint density at radius 3 is 2.68 bits per heavy atom. The Labute approximate surface area is 185 Å². The summed E-state index contributed by atoms with van der Waals surface area (Å²) in [4.78, 5) is 22.0. The largest absolute Gasteiger partial charge is 0.375 e. The minimum Gasteiger partial charge on any atom is -0.375 e. The summed E-state index contributed by atoms with van der Waals surface area (Å²) >= 11 is 0. The fraction of sp³-hybridized carbons (Fsp3) is 0.667. The topological polar surface area (TPSA) is 66.4 Å². The lowest BCUT2D eigenvalue weighted by molar-refractivity contribution is -0.0817. The van der Waals surface area contributed by atoms with Crippen LogP contribution in [0.5, 0.6) is 0 Å². The maximum absolute atomic E-state index is 12.8. The Morgan fingerprint density at radius 2 is 1.90 bits per heavy atom. The van der Waals surface area contributed by atoms with Crippen LogP contribution in [0.1, 0.15) is 54.9 Å². The van der Waals surface area contributed by atoms with Crippen LogP contribution in [0.3, 0.4) is 0 Å². The second-order valence-corrected chi connectivity index (χ2v) is 8.63. The van der Waals surface area contributed by atoms with Crippen LogP contribution in [0.15, 0.2) is 29.3 Å². The van der Waals surface area contributed by atoms with Crippen LogP contribution in [0.2, 0.25) is 0 Å². The Morgan fingerprint density at radius 1 is 1.06 bits per heavy atom. The molecule has 7 heteroatoms. The third-order valence-electron chi connectivity index (χ3n) is 6.34. The zero-order valence-electron chi connectivity index (χ0n) is 18.7. The van der Waals surface area contributed by atoms with Gasteiger partial charge in [-0.15, -0.1) is 0 Å². The summed E-state index contributed by atoms with van der Waals surface area (Å²) < 4.78 is 11.8. The van der Waals surface area contributed by atoms with Crippen molar-refractivity contribution in [1.29, 1.82) is 0 Å². The summed E-state index contributed by atoms with van der Waals surface area (Å²) in [6.07, 6.45) is 5.92. The number of guanidine groups is 1. The third-order valence-corrected chi connectivity index (χ3v) is 6.34. The highest BCUT2D eigenvalue weighted by atomic mass is 16.5. The Balaban J connectivity index is 1.41. The van der Waals surface area contributed by atoms with Crippen LogP contribution in [-0.4, -0.2) is 79.8 Å². The first-order valence-electron chi connectivity index (χ1n) is 11.9. The predicted molar refractivity (Wildman–Crippen MR) is 121 cm³/mol. The first-order chi connectivity index (χ1) is 15.2. The molecule has 1 aromatic carbocycles. The molecular formula is C24H36N4O3. The van der Waals surface area contributed by atoms with Crippen LogP contribution < -0.4 is 5.32 Å². The van der Waals surface area contributed by atoms with Gasteiger partial charge < -0.3 is 24.6 Å². The van der Waals surface area contributed by atoms with E-state index in [1.54, 1.807) is 0 Å². The molecule has 3 aliphatic rings. The zero-order chi connectivity index (χ0) is 21.5. The molecule has 0 radical (unpaired) electrons. The zero-order valence-corrected chi connectivity index (χ0v) is 18.7. The summed E-state index contributed by atoms with van der Waals surface area (Å²) in [6, 6.07) is 7.94. The van der Waals surface area contributed by atoms with Gasteiger partial charge in [-0.05, 0) is 56.7 Å². The average Bonchev–Trinajstić information content (AvgIpc) is 3.37. The number of likely N-dealkylation sites (tertiary alicyclic amines) is 1. The van der Waals surface area contributed by atoms with E-state index in [2.05, 4.69) is 23.2 Å². The van der Waals surface area contributed by atoms with Gasteiger partial charge in [0.05, 0.1) is 19.3 Å². The van der Waals surface area contributed by atoms with E-state index in [0.29, 0.717) is 13.2 Å². The van der Waals surface area contributed by atoms with Crippen LogP contribution >= 0.6 is 0 Å². The molecule has 2 unspecified atom stereocenters. The molecular weight excluding hydrogens is 392 g/mol. The molecule has 1 amide bonds. The lowest BCUT2D eigenvalue weighted by Crippen LogP contribution is -2.53. The highest BCUT2D eigenvalue weighted by Gasteiger charge is 2.32. The Hall–Kier alpha value is -2.12. The summed E-state index contributed by atoms with van der Waals surface area (Å²) in [5.74, 6) is 1.05. The van der Waals surface area contributed by atoms with E-state index < -0.39 is 0 Å². The fourth-order valence-corrected chi connectivity index (χ4v) is 4.66. The number of nitrogens with one attached hydrogen (secondary N) is 1. The minimum atomic E-state index is 0.102. The van der Waals surface area contributed by atoms with Crippen molar-refractivity contribution in [3.63, 3.8) is 0 Å². The number of rotatable bonds is 5. The Kier molecular flexibility index (Phi) is 7.81. The smallest absolute Gasteiger partial charge is 0.253 e. The summed E-state index contributed by atoms with van der Waals surface area (Å²) in [5, 5.41) is 3.43. The number of ether oxygens (including phenoxy) is 2. The molecule has 3 fully saturated rings. The third kappa shape index (κ3) is 5.77. The second kappa shape index (κ2) is 11.0. The van der Waals surface area contributed by atoms with E-state index in [-0.39, 0.29) is 18.1 Å². The highest BCUT2D eigenvalue weighted by Crippen LogP contribution is 2.21. The maximum Gasteiger partial charge on any atom is 0.253 e. The number of hydrogen-bond acceptors (Lipinski definition) is 4. The fourth-order valence-electron chi connectivity index (χ4n) is 4.66. The van der Waals surface area contributed by atoms with Gasteiger partial charge in [0.25, 0.3) is 5.91 Å². The van der Waals surface area contributed by atoms with Crippen LogP contribution in [0, 0.1) is 0 Å². The van der Waals surface area contributed by atoms with Crippen LogP contribution in [0.25, 0.3) is 0 Å². The molecule has 170 valence electrons. The van der Waals surface area contributed by atoms with Crippen molar-refractivity contribution >= 4 is 11.9 Å². The van der Waals surface area contributed by atoms with E-state index in [1.807, 2.05) is 23.1 Å². The monoisotopic (exact) mass is 428 g/mol. The molecule has 3 aliphatic heterocycles. The summed E-state index contributed by atoms with van der Waals surface area (Å²) in [7, 11) is 0. The SMILES string of the molecule is CCNC(=NCc1cccc(C(=O)N2CCCCC2)c1)N1CCOC(C2CCCO2)C1. The molecule has 0 bridgehead atoms. The first kappa shape index (κ1) is 22.1. The number of aliphatic imine (C=N–C) groups is 1. The van der Waals surface area contributed by atoms with E-state index in [0.717, 1.165) is 82.1 Å². The van der Waals surface area contributed by atoms with Crippen molar-refractivity contribution in [3.05, 3.63) is 35.4 Å². The maximum atomic E-state index is 12.8. The molecule has 0 saturated carbocycles. The van der Waals surface area contributed by atoms with Crippen molar-refractivity contribution in [3.8, 4) is 0 Å². The van der Waals surface area contributed by atoms with Crippen molar-refractivity contribution in [2.45, 2.75) is 57.8 Å². The van der Waals surface area contributed by atoms with Gasteiger partial charge in [-0.1, -0.05) is 12.1 Å². The molecule has 1 N–H and O–H groups in total. The molecule has 31 heavy (non-hydrogen) atoms. The molecule has 0 spiro atoms. The van der Waals surface area contributed by atoms with Gasteiger partial charge in [-0.3, -0.25) is 4.79 Å². The number of benzene rings is 1. The van der Waals surface area contributed by atoms with Crippen molar-refractivity contribution in [2.75, 3.05) is 45.9 Å². The molecule has 0 aromatic heterocycles. The van der Waals surface area contributed by atoms with Gasteiger partial charge in [0.15, 0.2) is 5.96 Å². The molecule has 3 heterocycles. The number of carbonyl (C=O) groups is 1. The molecule has 3 saturated heterocycles. The number of carbonyl (C=O) groups excluding carboxylic acids is 1.